The molecule has 1 fully saturated rings. The Hall–Kier alpha value is -0.120. The van der Waals surface area contributed by atoms with Gasteiger partial charge in [-0.05, 0) is 38.9 Å². The smallest absolute Gasteiger partial charge is 0.0593 e. The van der Waals surface area contributed by atoms with Crippen molar-refractivity contribution in [3.05, 3.63) is 0 Å². The molecular formula is C12H26N2O. The van der Waals surface area contributed by atoms with Crippen molar-refractivity contribution in [2.45, 2.75) is 39.2 Å². The second kappa shape index (κ2) is 8.08. The third-order valence-corrected chi connectivity index (χ3v) is 2.77. The fraction of sp³-hybridized carbons (Fsp3) is 1.00. The lowest BCUT2D eigenvalue weighted by atomic mass is 10.3. The van der Waals surface area contributed by atoms with Gasteiger partial charge in [-0.1, -0.05) is 13.8 Å². The van der Waals surface area contributed by atoms with Crippen LogP contribution in [0.5, 0.6) is 0 Å². The molecule has 0 amide bonds. The summed E-state index contributed by atoms with van der Waals surface area (Å²) >= 11 is 0. The minimum absolute atomic E-state index is 0.592. The highest BCUT2D eigenvalue weighted by atomic mass is 16.5. The van der Waals surface area contributed by atoms with E-state index in [9.17, 15) is 0 Å². The van der Waals surface area contributed by atoms with Crippen LogP contribution >= 0.6 is 0 Å². The Kier molecular flexibility index (Phi) is 6.98. The first-order valence-electron chi connectivity index (χ1n) is 6.32. The molecule has 1 aliphatic rings. The van der Waals surface area contributed by atoms with Crippen LogP contribution in [-0.4, -0.2) is 50.3 Å². The van der Waals surface area contributed by atoms with Crippen molar-refractivity contribution in [2.75, 3.05) is 39.4 Å². The average molecular weight is 214 g/mol. The Morgan fingerprint density at radius 1 is 1.20 bits per heavy atom. The topological polar surface area (TPSA) is 24.5 Å². The van der Waals surface area contributed by atoms with E-state index < -0.39 is 0 Å². The van der Waals surface area contributed by atoms with Gasteiger partial charge in [0.1, 0.15) is 0 Å². The van der Waals surface area contributed by atoms with Crippen molar-refractivity contribution in [1.82, 2.24) is 10.2 Å². The van der Waals surface area contributed by atoms with Crippen molar-refractivity contribution in [2.24, 2.45) is 0 Å². The number of ether oxygens (including phenoxy) is 1. The predicted octanol–water partition coefficient (Wildman–Crippen LogP) is 1.49. The maximum absolute atomic E-state index is 5.60. The summed E-state index contributed by atoms with van der Waals surface area (Å²) in [7, 11) is 0. The highest BCUT2D eigenvalue weighted by molar-refractivity contribution is 4.65. The Balaban J connectivity index is 1.76. The molecule has 1 aliphatic heterocycles. The van der Waals surface area contributed by atoms with E-state index in [4.69, 9.17) is 4.74 Å². The minimum Gasteiger partial charge on any atom is -0.380 e. The van der Waals surface area contributed by atoms with Gasteiger partial charge in [0.05, 0.1) is 6.61 Å². The SMILES string of the molecule is CC(C)NCCCOCCN1CCCC1. The zero-order valence-electron chi connectivity index (χ0n) is 10.3. The van der Waals surface area contributed by atoms with Gasteiger partial charge < -0.3 is 15.0 Å². The van der Waals surface area contributed by atoms with Gasteiger partial charge >= 0.3 is 0 Å². The number of hydrogen-bond donors (Lipinski definition) is 1. The summed E-state index contributed by atoms with van der Waals surface area (Å²) in [5.74, 6) is 0. The Morgan fingerprint density at radius 2 is 1.93 bits per heavy atom. The molecule has 1 heterocycles. The van der Waals surface area contributed by atoms with Gasteiger partial charge in [0.15, 0.2) is 0 Å². The molecule has 0 aromatic heterocycles. The summed E-state index contributed by atoms with van der Waals surface area (Å²) in [6, 6.07) is 0.592. The van der Waals surface area contributed by atoms with Crippen LogP contribution in [0, 0.1) is 0 Å². The van der Waals surface area contributed by atoms with Crippen molar-refractivity contribution >= 4 is 0 Å². The summed E-state index contributed by atoms with van der Waals surface area (Å²) < 4.78 is 5.60. The molecule has 0 saturated carbocycles. The standard InChI is InChI=1S/C12H26N2O/c1-12(2)13-6-5-10-15-11-9-14-7-3-4-8-14/h12-13H,3-11H2,1-2H3. The van der Waals surface area contributed by atoms with E-state index in [1.54, 1.807) is 0 Å². The van der Waals surface area contributed by atoms with Crippen LogP contribution in [0.3, 0.4) is 0 Å². The summed E-state index contributed by atoms with van der Waals surface area (Å²) in [6.07, 6.45) is 3.87. The number of rotatable bonds is 8. The van der Waals surface area contributed by atoms with E-state index in [0.29, 0.717) is 6.04 Å². The van der Waals surface area contributed by atoms with Gasteiger partial charge in [-0.2, -0.15) is 0 Å². The molecule has 0 aromatic carbocycles. The maximum atomic E-state index is 5.60. The summed E-state index contributed by atoms with van der Waals surface area (Å²) in [4.78, 5) is 2.49. The molecule has 3 heteroatoms. The van der Waals surface area contributed by atoms with Crippen LogP contribution in [0.1, 0.15) is 33.1 Å². The zero-order valence-corrected chi connectivity index (χ0v) is 10.3. The van der Waals surface area contributed by atoms with E-state index in [1.165, 1.54) is 25.9 Å². The Labute approximate surface area is 94.2 Å². The molecule has 0 atom stereocenters. The molecule has 15 heavy (non-hydrogen) atoms. The first kappa shape index (κ1) is 12.9. The van der Waals surface area contributed by atoms with Crippen LogP contribution in [0.2, 0.25) is 0 Å². The molecule has 0 bridgehead atoms. The normalized spacial score (nSPS) is 17.8. The highest BCUT2D eigenvalue weighted by Gasteiger charge is 2.09. The number of nitrogens with one attached hydrogen (secondary N) is 1. The van der Waals surface area contributed by atoms with Crippen LogP contribution < -0.4 is 5.32 Å². The lowest BCUT2D eigenvalue weighted by Crippen LogP contribution is -2.26. The highest BCUT2D eigenvalue weighted by Crippen LogP contribution is 2.05. The molecule has 0 aliphatic carbocycles. The van der Waals surface area contributed by atoms with E-state index in [1.807, 2.05) is 0 Å². The molecule has 0 aromatic rings. The van der Waals surface area contributed by atoms with Gasteiger partial charge in [0.2, 0.25) is 0 Å². The van der Waals surface area contributed by atoms with Crippen molar-refractivity contribution < 1.29 is 4.74 Å². The van der Waals surface area contributed by atoms with Gasteiger partial charge in [0.25, 0.3) is 0 Å². The fourth-order valence-corrected chi connectivity index (χ4v) is 1.87. The van der Waals surface area contributed by atoms with Crippen molar-refractivity contribution in [3.8, 4) is 0 Å². The average Bonchev–Trinajstić information content (AvgIpc) is 2.68. The molecule has 1 saturated heterocycles. The summed E-state index contributed by atoms with van der Waals surface area (Å²) in [6.45, 7) is 10.9. The fourth-order valence-electron chi connectivity index (χ4n) is 1.87. The quantitative estimate of drug-likeness (QED) is 0.620. The molecule has 1 N–H and O–H groups in total. The lowest BCUT2D eigenvalue weighted by Gasteiger charge is -2.14. The van der Waals surface area contributed by atoms with Gasteiger partial charge in [0, 0.05) is 19.2 Å². The lowest BCUT2D eigenvalue weighted by molar-refractivity contribution is 0.109. The second-order valence-electron chi connectivity index (χ2n) is 4.62. The molecule has 0 spiro atoms. The predicted molar refractivity (Wildman–Crippen MR) is 64.2 cm³/mol. The molecule has 1 rings (SSSR count). The van der Waals surface area contributed by atoms with Gasteiger partial charge in [-0.15, -0.1) is 0 Å². The number of nitrogens with zero attached hydrogens (tertiary/aromatic N) is 1. The third kappa shape index (κ3) is 6.88. The molecule has 90 valence electrons. The summed E-state index contributed by atoms with van der Waals surface area (Å²) in [5, 5.41) is 3.39. The van der Waals surface area contributed by atoms with Crippen LogP contribution in [0.15, 0.2) is 0 Å². The zero-order chi connectivity index (χ0) is 10.9. The summed E-state index contributed by atoms with van der Waals surface area (Å²) in [5.41, 5.74) is 0. The Bertz CT molecular complexity index is 145. The number of likely N-dealkylation sites (tertiary alicyclic amines) is 1. The van der Waals surface area contributed by atoms with Crippen LogP contribution in [0.4, 0.5) is 0 Å². The van der Waals surface area contributed by atoms with Gasteiger partial charge in [-0.3, -0.25) is 0 Å². The van der Waals surface area contributed by atoms with E-state index in [2.05, 4.69) is 24.1 Å². The van der Waals surface area contributed by atoms with Gasteiger partial charge in [-0.25, -0.2) is 0 Å². The first-order valence-corrected chi connectivity index (χ1v) is 6.32. The Morgan fingerprint density at radius 3 is 2.60 bits per heavy atom. The third-order valence-electron chi connectivity index (χ3n) is 2.77. The largest absolute Gasteiger partial charge is 0.380 e. The second-order valence-corrected chi connectivity index (χ2v) is 4.62. The molecule has 0 unspecified atom stereocenters. The minimum atomic E-state index is 0.592. The van der Waals surface area contributed by atoms with Crippen LogP contribution in [0.25, 0.3) is 0 Å². The van der Waals surface area contributed by atoms with Crippen LogP contribution in [-0.2, 0) is 4.74 Å². The van der Waals surface area contributed by atoms with E-state index in [0.717, 1.165) is 32.7 Å². The molecular weight excluding hydrogens is 188 g/mol. The number of hydrogen-bond acceptors (Lipinski definition) is 3. The van der Waals surface area contributed by atoms with Crippen molar-refractivity contribution in [1.29, 1.82) is 0 Å². The maximum Gasteiger partial charge on any atom is 0.0593 e. The van der Waals surface area contributed by atoms with Crippen molar-refractivity contribution in [3.63, 3.8) is 0 Å². The molecule has 0 radical (unpaired) electrons. The monoisotopic (exact) mass is 214 g/mol. The molecule has 3 nitrogen and oxygen atoms in total. The van der Waals surface area contributed by atoms with E-state index in [-0.39, 0.29) is 0 Å². The van der Waals surface area contributed by atoms with E-state index >= 15 is 0 Å². The first-order chi connectivity index (χ1) is 7.29.